The zero-order valence-electron chi connectivity index (χ0n) is 10.7. The van der Waals surface area contributed by atoms with E-state index in [0.29, 0.717) is 0 Å². The van der Waals surface area contributed by atoms with Crippen LogP contribution in [0.4, 0.5) is 10.5 Å². The van der Waals surface area contributed by atoms with Gasteiger partial charge in [0.05, 0.1) is 5.69 Å². The van der Waals surface area contributed by atoms with Crippen LogP contribution in [-0.2, 0) is 14.8 Å². The van der Waals surface area contributed by atoms with Gasteiger partial charge in [0.25, 0.3) is 0 Å². The number of benzene rings is 1. The van der Waals surface area contributed by atoms with Crippen LogP contribution in [0.25, 0.3) is 0 Å². The summed E-state index contributed by atoms with van der Waals surface area (Å²) in [6, 6.07) is 3.86. The van der Waals surface area contributed by atoms with Crippen molar-refractivity contribution in [2.45, 2.75) is 31.3 Å². The Kier molecular flexibility index (Phi) is 4.44. The quantitative estimate of drug-likeness (QED) is 0.876. The van der Waals surface area contributed by atoms with Crippen molar-refractivity contribution in [2.24, 2.45) is 5.14 Å². The van der Waals surface area contributed by atoms with Gasteiger partial charge in [0.15, 0.2) is 0 Å². The SMILES string of the molecule is CC(C)(C)OC(=O)Nc1cc(Cl)ccc1S(N)(=O)=O. The minimum absolute atomic E-state index is 0.0238. The highest BCUT2D eigenvalue weighted by molar-refractivity contribution is 7.89. The molecule has 0 bridgehead atoms. The summed E-state index contributed by atoms with van der Waals surface area (Å²) in [7, 11) is -3.97. The highest BCUT2D eigenvalue weighted by Gasteiger charge is 2.20. The molecule has 3 N–H and O–H groups in total. The van der Waals surface area contributed by atoms with Gasteiger partial charge in [-0.15, -0.1) is 0 Å². The van der Waals surface area contributed by atoms with Gasteiger partial charge in [0, 0.05) is 5.02 Å². The van der Waals surface area contributed by atoms with Crippen molar-refractivity contribution in [1.82, 2.24) is 0 Å². The highest BCUT2D eigenvalue weighted by atomic mass is 35.5. The number of hydrogen-bond donors (Lipinski definition) is 2. The van der Waals surface area contributed by atoms with E-state index in [9.17, 15) is 13.2 Å². The molecule has 0 aliphatic heterocycles. The molecule has 1 rings (SSSR count). The zero-order chi connectivity index (χ0) is 14.8. The van der Waals surface area contributed by atoms with Gasteiger partial charge in [-0.05, 0) is 39.0 Å². The molecule has 0 saturated heterocycles. The normalized spacial score (nSPS) is 12.1. The Hall–Kier alpha value is -1.31. The first-order valence-electron chi connectivity index (χ1n) is 5.31. The molecular formula is C11H15ClN2O4S. The van der Waals surface area contributed by atoms with Crippen LogP contribution in [0.3, 0.4) is 0 Å². The number of carbonyl (C=O) groups excluding carboxylic acids is 1. The molecule has 1 amide bonds. The van der Waals surface area contributed by atoms with E-state index < -0.39 is 21.7 Å². The summed E-state index contributed by atoms with van der Waals surface area (Å²) in [6.45, 7) is 5.06. The van der Waals surface area contributed by atoms with Gasteiger partial charge < -0.3 is 4.74 Å². The fourth-order valence-corrected chi connectivity index (χ4v) is 2.11. The Balaban J connectivity index is 3.07. The molecular weight excluding hydrogens is 292 g/mol. The van der Waals surface area contributed by atoms with Gasteiger partial charge in [0.1, 0.15) is 10.5 Å². The van der Waals surface area contributed by atoms with Crippen LogP contribution in [0.15, 0.2) is 23.1 Å². The van der Waals surface area contributed by atoms with E-state index in [1.54, 1.807) is 20.8 Å². The van der Waals surface area contributed by atoms with Crippen molar-refractivity contribution in [1.29, 1.82) is 0 Å². The molecule has 0 spiro atoms. The van der Waals surface area contributed by atoms with Crippen LogP contribution in [0.5, 0.6) is 0 Å². The van der Waals surface area contributed by atoms with Crippen molar-refractivity contribution in [3.8, 4) is 0 Å². The molecule has 0 unspecified atom stereocenters. The Morgan fingerprint density at radius 3 is 2.42 bits per heavy atom. The second-order valence-electron chi connectivity index (χ2n) is 4.81. The molecule has 8 heteroatoms. The monoisotopic (exact) mass is 306 g/mol. The van der Waals surface area contributed by atoms with E-state index in [1.807, 2.05) is 0 Å². The van der Waals surface area contributed by atoms with Gasteiger partial charge in [-0.1, -0.05) is 11.6 Å². The van der Waals surface area contributed by atoms with Gasteiger partial charge >= 0.3 is 6.09 Å². The smallest absolute Gasteiger partial charge is 0.412 e. The number of anilines is 1. The van der Waals surface area contributed by atoms with E-state index >= 15 is 0 Å². The Morgan fingerprint density at radius 1 is 1.37 bits per heavy atom. The summed E-state index contributed by atoms with van der Waals surface area (Å²) in [4.78, 5) is 11.4. The van der Waals surface area contributed by atoms with E-state index in [4.69, 9.17) is 21.5 Å². The summed E-state index contributed by atoms with van der Waals surface area (Å²) in [6.07, 6.45) is -0.792. The number of nitrogens with two attached hydrogens (primary N) is 1. The minimum atomic E-state index is -3.97. The number of hydrogen-bond acceptors (Lipinski definition) is 4. The maximum absolute atomic E-state index is 11.6. The summed E-state index contributed by atoms with van der Waals surface area (Å²) >= 11 is 5.76. The number of nitrogens with one attached hydrogen (secondary N) is 1. The number of carbonyl (C=O) groups is 1. The predicted molar refractivity (Wildman–Crippen MR) is 72.7 cm³/mol. The lowest BCUT2D eigenvalue weighted by Gasteiger charge is -2.20. The Morgan fingerprint density at radius 2 is 1.95 bits per heavy atom. The summed E-state index contributed by atoms with van der Waals surface area (Å²) in [5.74, 6) is 0. The largest absolute Gasteiger partial charge is 0.444 e. The van der Waals surface area contributed by atoms with Gasteiger partial charge in [0.2, 0.25) is 10.0 Å². The summed E-state index contributed by atoms with van der Waals surface area (Å²) < 4.78 is 27.8. The molecule has 1 aromatic rings. The van der Waals surface area contributed by atoms with Crippen LogP contribution in [-0.4, -0.2) is 20.1 Å². The summed E-state index contributed by atoms with van der Waals surface area (Å²) in [5, 5.41) is 7.62. The fraction of sp³-hybridized carbons (Fsp3) is 0.364. The van der Waals surface area contributed by atoms with E-state index in [1.165, 1.54) is 18.2 Å². The molecule has 0 aromatic heterocycles. The molecule has 0 fully saturated rings. The standard InChI is InChI=1S/C11H15ClN2O4S/c1-11(2,3)18-10(15)14-8-6-7(12)4-5-9(8)19(13,16)17/h4-6H,1-3H3,(H,14,15)(H2,13,16,17). The number of rotatable bonds is 2. The Bertz CT molecular complexity index is 593. The topological polar surface area (TPSA) is 98.5 Å². The molecule has 1 aromatic carbocycles. The van der Waals surface area contributed by atoms with Crippen LogP contribution < -0.4 is 10.5 Å². The van der Waals surface area contributed by atoms with Crippen LogP contribution in [0.1, 0.15) is 20.8 Å². The molecule has 0 atom stereocenters. The lowest BCUT2D eigenvalue weighted by atomic mass is 10.2. The lowest BCUT2D eigenvalue weighted by molar-refractivity contribution is 0.0635. The van der Waals surface area contributed by atoms with Crippen LogP contribution >= 0.6 is 11.6 Å². The fourth-order valence-electron chi connectivity index (χ4n) is 1.26. The molecule has 0 aliphatic rings. The third-order valence-corrected chi connectivity index (χ3v) is 3.09. The average molecular weight is 307 g/mol. The molecule has 0 saturated carbocycles. The molecule has 0 heterocycles. The number of ether oxygens (including phenoxy) is 1. The molecule has 0 aliphatic carbocycles. The molecule has 106 valence electrons. The second kappa shape index (κ2) is 5.36. The summed E-state index contributed by atoms with van der Waals surface area (Å²) in [5.41, 5.74) is -0.728. The first-order chi connectivity index (χ1) is 8.49. The zero-order valence-corrected chi connectivity index (χ0v) is 12.3. The van der Waals surface area contributed by atoms with Crippen molar-refractivity contribution < 1.29 is 17.9 Å². The van der Waals surface area contributed by atoms with Gasteiger partial charge in [-0.3, -0.25) is 5.32 Å². The van der Waals surface area contributed by atoms with Crippen molar-refractivity contribution >= 4 is 33.4 Å². The second-order valence-corrected chi connectivity index (χ2v) is 6.78. The minimum Gasteiger partial charge on any atom is -0.444 e. The number of amides is 1. The maximum atomic E-state index is 11.6. The highest BCUT2D eigenvalue weighted by Crippen LogP contribution is 2.24. The van der Waals surface area contributed by atoms with Crippen LogP contribution in [0.2, 0.25) is 5.02 Å². The lowest BCUT2D eigenvalue weighted by Crippen LogP contribution is -2.28. The number of primary sulfonamides is 1. The molecule has 6 nitrogen and oxygen atoms in total. The van der Waals surface area contributed by atoms with Crippen molar-refractivity contribution in [3.05, 3.63) is 23.2 Å². The number of sulfonamides is 1. The van der Waals surface area contributed by atoms with Crippen LogP contribution in [0, 0.1) is 0 Å². The average Bonchev–Trinajstić information content (AvgIpc) is 2.11. The predicted octanol–water partition coefficient (Wildman–Crippen LogP) is 2.33. The van der Waals surface area contributed by atoms with Crippen molar-refractivity contribution in [2.75, 3.05) is 5.32 Å². The van der Waals surface area contributed by atoms with Gasteiger partial charge in [-0.25, -0.2) is 18.4 Å². The van der Waals surface area contributed by atoms with Gasteiger partial charge in [-0.2, -0.15) is 0 Å². The van der Waals surface area contributed by atoms with E-state index in [-0.39, 0.29) is 15.6 Å². The van der Waals surface area contributed by atoms with E-state index in [0.717, 1.165) is 0 Å². The van der Waals surface area contributed by atoms with E-state index in [2.05, 4.69) is 5.32 Å². The third-order valence-electron chi connectivity index (χ3n) is 1.88. The number of halogens is 1. The van der Waals surface area contributed by atoms with Crippen molar-refractivity contribution in [3.63, 3.8) is 0 Å². The maximum Gasteiger partial charge on any atom is 0.412 e. The third kappa shape index (κ3) is 5.06. The molecule has 19 heavy (non-hydrogen) atoms. The molecule has 0 radical (unpaired) electrons. The first kappa shape index (κ1) is 15.7. The first-order valence-corrected chi connectivity index (χ1v) is 7.24. The Labute approximate surface area is 116 Å².